The SMILES string of the molecule is Cc1cc(N2CCC(N(C)C(=O)c3ccc4c(c3)C(N(C)C(=O)Nc3ccc(F)c(Cl)c3)CC4)CC2)cc(C)n1. The molecule has 0 bridgehead atoms. The zero-order chi connectivity index (χ0) is 28.6. The van der Waals surface area contributed by atoms with E-state index in [1.165, 1.54) is 23.9 Å². The summed E-state index contributed by atoms with van der Waals surface area (Å²) in [6.45, 7) is 5.80. The fraction of sp³-hybridized carbons (Fsp3) is 0.387. The number of urea groups is 1. The van der Waals surface area contributed by atoms with E-state index in [0.29, 0.717) is 11.3 Å². The van der Waals surface area contributed by atoms with E-state index >= 15 is 0 Å². The van der Waals surface area contributed by atoms with Crippen molar-refractivity contribution in [1.29, 1.82) is 0 Å². The number of nitrogens with one attached hydrogen (secondary N) is 1. The van der Waals surface area contributed by atoms with Crippen LogP contribution in [0.25, 0.3) is 0 Å². The normalized spacial score (nSPS) is 16.9. The molecule has 0 radical (unpaired) electrons. The Morgan fingerprint density at radius 1 is 0.975 bits per heavy atom. The van der Waals surface area contributed by atoms with Crippen LogP contribution in [0.5, 0.6) is 0 Å². The maximum atomic E-state index is 13.6. The molecule has 1 aliphatic heterocycles. The molecule has 0 saturated carbocycles. The molecule has 210 valence electrons. The van der Waals surface area contributed by atoms with Gasteiger partial charge in [0.15, 0.2) is 0 Å². The Bertz CT molecular complexity index is 1420. The predicted molar refractivity (Wildman–Crippen MR) is 157 cm³/mol. The van der Waals surface area contributed by atoms with Gasteiger partial charge in [0.05, 0.1) is 11.1 Å². The third-order valence-corrected chi connectivity index (χ3v) is 8.45. The number of piperidine rings is 1. The first kappa shape index (κ1) is 27.9. The molecule has 9 heteroatoms. The lowest BCUT2D eigenvalue weighted by Gasteiger charge is -2.38. The van der Waals surface area contributed by atoms with E-state index in [0.717, 1.165) is 61.3 Å². The van der Waals surface area contributed by atoms with Crippen LogP contribution in [0.3, 0.4) is 0 Å². The topological polar surface area (TPSA) is 68.8 Å². The summed E-state index contributed by atoms with van der Waals surface area (Å²) in [6.07, 6.45) is 3.39. The molecule has 1 aromatic heterocycles. The Balaban J connectivity index is 1.24. The second-order valence-electron chi connectivity index (χ2n) is 10.9. The van der Waals surface area contributed by atoms with Crippen LogP contribution in [-0.2, 0) is 6.42 Å². The van der Waals surface area contributed by atoms with Crippen molar-refractivity contribution in [3.63, 3.8) is 0 Å². The van der Waals surface area contributed by atoms with Crippen molar-refractivity contribution in [2.75, 3.05) is 37.4 Å². The average molecular weight is 564 g/mol. The molecule has 1 fully saturated rings. The van der Waals surface area contributed by atoms with Crippen LogP contribution in [0.1, 0.15) is 58.2 Å². The summed E-state index contributed by atoms with van der Waals surface area (Å²) in [4.78, 5) is 36.9. The molecule has 2 aliphatic rings. The molecule has 3 amide bonds. The number of aromatic nitrogens is 1. The number of carbonyl (C=O) groups is 2. The maximum Gasteiger partial charge on any atom is 0.322 e. The number of aryl methyl sites for hydroxylation is 3. The first-order valence-electron chi connectivity index (χ1n) is 13.7. The second-order valence-corrected chi connectivity index (χ2v) is 11.3. The molecule has 0 spiro atoms. The third-order valence-electron chi connectivity index (χ3n) is 8.16. The minimum absolute atomic E-state index is 0.00411. The Morgan fingerprint density at radius 3 is 2.35 bits per heavy atom. The van der Waals surface area contributed by atoms with Crippen molar-refractivity contribution in [3.05, 3.63) is 87.4 Å². The largest absolute Gasteiger partial charge is 0.371 e. The zero-order valence-electron chi connectivity index (χ0n) is 23.4. The Morgan fingerprint density at radius 2 is 1.68 bits per heavy atom. The van der Waals surface area contributed by atoms with Gasteiger partial charge in [-0.05, 0) is 93.1 Å². The Hall–Kier alpha value is -3.65. The lowest BCUT2D eigenvalue weighted by Crippen LogP contribution is -2.45. The molecule has 1 saturated heterocycles. The highest BCUT2D eigenvalue weighted by Gasteiger charge is 2.31. The quantitative estimate of drug-likeness (QED) is 0.391. The molecule has 1 aliphatic carbocycles. The van der Waals surface area contributed by atoms with Crippen molar-refractivity contribution < 1.29 is 14.0 Å². The van der Waals surface area contributed by atoms with Crippen LogP contribution in [0.15, 0.2) is 48.5 Å². The number of carbonyl (C=O) groups excluding carboxylic acids is 2. The van der Waals surface area contributed by atoms with Gasteiger partial charge in [0.1, 0.15) is 5.82 Å². The Kier molecular flexibility index (Phi) is 7.99. The van der Waals surface area contributed by atoms with E-state index in [4.69, 9.17) is 11.6 Å². The fourth-order valence-corrected chi connectivity index (χ4v) is 6.10. The standard InChI is InChI=1S/C31H35ClFN5O2/c1-19-15-25(16-20(2)34-19)38-13-11-24(12-14-38)36(3)30(39)22-6-5-21-7-10-29(26(21)17-22)37(4)31(40)35-23-8-9-28(33)27(32)18-23/h5-6,8-9,15-18,24,29H,7,10-14H2,1-4H3,(H,35,40). The molecule has 1 atom stereocenters. The van der Waals surface area contributed by atoms with Gasteiger partial charge in [0.25, 0.3) is 5.91 Å². The maximum absolute atomic E-state index is 13.6. The van der Waals surface area contributed by atoms with Gasteiger partial charge in [-0.1, -0.05) is 17.7 Å². The van der Waals surface area contributed by atoms with Gasteiger partial charge >= 0.3 is 6.03 Å². The van der Waals surface area contributed by atoms with E-state index in [1.54, 1.807) is 11.9 Å². The van der Waals surface area contributed by atoms with Crippen LogP contribution in [0.4, 0.5) is 20.6 Å². The minimum atomic E-state index is -0.538. The molecule has 1 N–H and O–H groups in total. The van der Waals surface area contributed by atoms with Crippen LogP contribution >= 0.6 is 11.6 Å². The number of anilines is 2. The molecule has 1 unspecified atom stereocenters. The van der Waals surface area contributed by atoms with E-state index in [2.05, 4.69) is 27.3 Å². The molecule has 2 aromatic carbocycles. The lowest BCUT2D eigenvalue weighted by molar-refractivity contribution is 0.0709. The number of halogens is 2. The van der Waals surface area contributed by atoms with E-state index in [1.807, 2.05) is 44.0 Å². The van der Waals surface area contributed by atoms with Crippen LogP contribution in [0.2, 0.25) is 5.02 Å². The smallest absolute Gasteiger partial charge is 0.322 e. The van der Waals surface area contributed by atoms with Crippen molar-refractivity contribution in [2.45, 2.75) is 51.6 Å². The number of rotatable bonds is 5. The first-order valence-corrected chi connectivity index (χ1v) is 14.1. The van der Waals surface area contributed by atoms with Gasteiger partial charge in [-0.3, -0.25) is 9.78 Å². The summed E-state index contributed by atoms with van der Waals surface area (Å²) in [5.41, 5.74) is 6.42. The number of benzene rings is 2. The van der Waals surface area contributed by atoms with E-state index in [9.17, 15) is 14.0 Å². The summed E-state index contributed by atoms with van der Waals surface area (Å²) >= 11 is 5.87. The van der Waals surface area contributed by atoms with E-state index < -0.39 is 5.82 Å². The molecular weight excluding hydrogens is 529 g/mol. The van der Waals surface area contributed by atoms with Crippen molar-refractivity contribution in [3.8, 4) is 0 Å². The van der Waals surface area contributed by atoms with Crippen molar-refractivity contribution in [1.82, 2.24) is 14.8 Å². The molecule has 7 nitrogen and oxygen atoms in total. The second kappa shape index (κ2) is 11.5. The number of pyridine rings is 1. The van der Waals surface area contributed by atoms with Gasteiger partial charge in [0.2, 0.25) is 0 Å². The zero-order valence-corrected chi connectivity index (χ0v) is 24.1. The highest BCUT2D eigenvalue weighted by atomic mass is 35.5. The molecule has 5 rings (SSSR count). The number of hydrogen-bond acceptors (Lipinski definition) is 4. The van der Waals surface area contributed by atoms with Crippen LogP contribution in [0, 0.1) is 19.7 Å². The minimum Gasteiger partial charge on any atom is -0.371 e. The predicted octanol–water partition coefficient (Wildman–Crippen LogP) is 6.38. The molecule has 2 heterocycles. The fourth-order valence-electron chi connectivity index (χ4n) is 5.92. The third kappa shape index (κ3) is 5.77. The van der Waals surface area contributed by atoms with E-state index in [-0.39, 0.29) is 29.0 Å². The van der Waals surface area contributed by atoms with Gasteiger partial charge in [-0.2, -0.15) is 0 Å². The number of nitrogens with zero attached hydrogens (tertiary/aromatic N) is 4. The summed E-state index contributed by atoms with van der Waals surface area (Å²) in [5, 5.41) is 2.74. The average Bonchev–Trinajstić information content (AvgIpc) is 3.36. The number of fused-ring (bicyclic) bond motifs is 1. The summed E-state index contributed by atoms with van der Waals surface area (Å²) in [5.74, 6) is -0.542. The van der Waals surface area contributed by atoms with Gasteiger partial charge in [-0.15, -0.1) is 0 Å². The monoisotopic (exact) mass is 563 g/mol. The molecule has 3 aromatic rings. The van der Waals surface area contributed by atoms with Crippen LogP contribution in [-0.4, -0.2) is 59.9 Å². The van der Waals surface area contributed by atoms with Gasteiger partial charge < -0.3 is 20.0 Å². The molecule has 40 heavy (non-hydrogen) atoms. The van der Waals surface area contributed by atoms with Crippen molar-refractivity contribution >= 4 is 34.9 Å². The lowest BCUT2D eigenvalue weighted by atomic mass is 10.00. The van der Waals surface area contributed by atoms with Gasteiger partial charge in [0, 0.05) is 61.6 Å². The summed E-state index contributed by atoms with van der Waals surface area (Å²) in [6, 6.07) is 13.9. The van der Waals surface area contributed by atoms with Crippen molar-refractivity contribution in [2.24, 2.45) is 0 Å². The first-order chi connectivity index (χ1) is 19.1. The number of amides is 3. The van der Waals surface area contributed by atoms with Gasteiger partial charge in [-0.25, -0.2) is 9.18 Å². The highest BCUT2D eigenvalue weighted by molar-refractivity contribution is 6.31. The number of hydrogen-bond donors (Lipinski definition) is 1. The summed E-state index contributed by atoms with van der Waals surface area (Å²) in [7, 11) is 3.63. The summed E-state index contributed by atoms with van der Waals surface area (Å²) < 4.78 is 13.5. The van der Waals surface area contributed by atoms with Crippen LogP contribution < -0.4 is 10.2 Å². The Labute approximate surface area is 239 Å². The molecular formula is C31H35ClFN5O2. The highest BCUT2D eigenvalue weighted by Crippen LogP contribution is 2.36.